The van der Waals surface area contributed by atoms with Gasteiger partial charge in [0, 0.05) is 5.02 Å². The van der Waals surface area contributed by atoms with Crippen molar-refractivity contribution < 1.29 is 13.6 Å². The van der Waals surface area contributed by atoms with Crippen LogP contribution in [0.5, 0.6) is 0 Å². The van der Waals surface area contributed by atoms with Crippen molar-refractivity contribution in [3.63, 3.8) is 0 Å². The van der Waals surface area contributed by atoms with Crippen LogP contribution in [0.2, 0.25) is 10.0 Å². The van der Waals surface area contributed by atoms with Gasteiger partial charge in [-0.1, -0.05) is 47.1 Å². The van der Waals surface area contributed by atoms with E-state index in [-0.39, 0.29) is 28.3 Å². The Bertz CT molecular complexity index is 920. The van der Waals surface area contributed by atoms with Gasteiger partial charge < -0.3 is 9.73 Å². The van der Waals surface area contributed by atoms with Crippen molar-refractivity contribution in [2.45, 2.75) is 5.22 Å². The number of nitrogens with one attached hydrogen (secondary N) is 1. The van der Waals surface area contributed by atoms with Crippen molar-refractivity contribution >= 4 is 46.6 Å². The zero-order chi connectivity index (χ0) is 17.8. The average Bonchev–Trinajstić information content (AvgIpc) is 3.05. The van der Waals surface area contributed by atoms with Crippen molar-refractivity contribution in [1.29, 1.82) is 0 Å². The topological polar surface area (TPSA) is 68.0 Å². The third-order valence-electron chi connectivity index (χ3n) is 3.04. The molecule has 0 saturated heterocycles. The molecule has 0 radical (unpaired) electrons. The van der Waals surface area contributed by atoms with Gasteiger partial charge in [-0.3, -0.25) is 4.79 Å². The molecule has 0 spiro atoms. The van der Waals surface area contributed by atoms with E-state index in [1.54, 1.807) is 24.3 Å². The van der Waals surface area contributed by atoms with Crippen LogP contribution in [0.15, 0.2) is 52.1 Å². The fourth-order valence-corrected chi connectivity index (χ4v) is 2.93. The summed E-state index contributed by atoms with van der Waals surface area (Å²) in [5, 5.41) is 11.2. The van der Waals surface area contributed by atoms with E-state index in [0.29, 0.717) is 15.7 Å². The smallest absolute Gasteiger partial charge is 0.277 e. The minimum atomic E-state index is -0.460. The molecule has 0 saturated carbocycles. The molecule has 0 atom stereocenters. The van der Waals surface area contributed by atoms with Gasteiger partial charge in [0.2, 0.25) is 5.91 Å². The normalized spacial score (nSPS) is 10.7. The first-order valence-corrected chi connectivity index (χ1v) is 8.73. The summed E-state index contributed by atoms with van der Waals surface area (Å²) in [6.07, 6.45) is 0. The van der Waals surface area contributed by atoms with E-state index < -0.39 is 5.82 Å². The summed E-state index contributed by atoms with van der Waals surface area (Å²) in [7, 11) is 0. The fourth-order valence-electron chi connectivity index (χ4n) is 1.92. The van der Waals surface area contributed by atoms with E-state index in [9.17, 15) is 9.18 Å². The number of carbonyl (C=O) groups excluding carboxylic acids is 1. The first-order valence-electron chi connectivity index (χ1n) is 6.99. The maximum absolute atomic E-state index is 13.7. The Morgan fingerprint density at radius 3 is 2.76 bits per heavy atom. The number of nitrogens with zero attached hydrogens (tertiary/aromatic N) is 2. The van der Waals surface area contributed by atoms with Crippen LogP contribution in [0.25, 0.3) is 11.5 Å². The van der Waals surface area contributed by atoms with Crippen LogP contribution in [0, 0.1) is 5.82 Å². The molecule has 3 aromatic rings. The van der Waals surface area contributed by atoms with Crippen LogP contribution in [-0.2, 0) is 4.79 Å². The van der Waals surface area contributed by atoms with Crippen LogP contribution in [0.3, 0.4) is 0 Å². The lowest BCUT2D eigenvalue weighted by Gasteiger charge is -2.06. The molecule has 0 unspecified atom stereocenters. The molecule has 0 aliphatic rings. The maximum Gasteiger partial charge on any atom is 0.277 e. The molecule has 1 N–H and O–H groups in total. The first-order chi connectivity index (χ1) is 12.0. The highest BCUT2D eigenvalue weighted by atomic mass is 35.5. The lowest BCUT2D eigenvalue weighted by Crippen LogP contribution is -2.14. The molecule has 9 heteroatoms. The Balaban J connectivity index is 1.60. The van der Waals surface area contributed by atoms with E-state index in [1.807, 2.05) is 0 Å². The molecule has 1 aromatic heterocycles. The number of halogens is 3. The van der Waals surface area contributed by atoms with Gasteiger partial charge in [0.25, 0.3) is 11.1 Å². The van der Waals surface area contributed by atoms with Crippen LogP contribution in [0.1, 0.15) is 0 Å². The van der Waals surface area contributed by atoms with Gasteiger partial charge >= 0.3 is 0 Å². The number of hydrogen-bond donors (Lipinski definition) is 1. The van der Waals surface area contributed by atoms with E-state index >= 15 is 0 Å². The van der Waals surface area contributed by atoms with E-state index in [0.717, 1.165) is 11.8 Å². The minimum Gasteiger partial charge on any atom is -0.411 e. The van der Waals surface area contributed by atoms with E-state index in [1.165, 1.54) is 18.2 Å². The second-order valence-corrected chi connectivity index (χ2v) is 6.58. The largest absolute Gasteiger partial charge is 0.411 e. The molecule has 25 heavy (non-hydrogen) atoms. The highest BCUT2D eigenvalue weighted by Crippen LogP contribution is 2.27. The summed E-state index contributed by atoms with van der Waals surface area (Å²) in [6, 6.07) is 10.8. The van der Waals surface area contributed by atoms with Crippen molar-refractivity contribution in [2.75, 3.05) is 11.1 Å². The van der Waals surface area contributed by atoms with Gasteiger partial charge in [0.05, 0.1) is 22.0 Å². The van der Waals surface area contributed by atoms with Gasteiger partial charge in [-0.25, -0.2) is 4.39 Å². The van der Waals surface area contributed by atoms with Gasteiger partial charge in [-0.05, 0) is 30.3 Å². The molecular formula is C16H10Cl2FN3O2S. The standard InChI is InChI=1S/C16H10Cl2FN3O2S/c17-9-5-6-13(11(18)7-9)20-14(23)8-25-16-22-21-15(24-16)10-3-1-2-4-12(10)19/h1-7H,8H2,(H,20,23). The highest BCUT2D eigenvalue weighted by molar-refractivity contribution is 7.99. The van der Waals surface area contributed by atoms with Gasteiger partial charge in [-0.15, -0.1) is 10.2 Å². The number of carbonyl (C=O) groups is 1. The molecular weight excluding hydrogens is 388 g/mol. The SMILES string of the molecule is O=C(CSc1nnc(-c2ccccc2F)o1)Nc1ccc(Cl)cc1Cl. The van der Waals surface area contributed by atoms with E-state index in [4.69, 9.17) is 27.6 Å². The van der Waals surface area contributed by atoms with Crippen molar-refractivity contribution in [2.24, 2.45) is 0 Å². The Hall–Kier alpha value is -2.09. The molecule has 128 valence electrons. The second-order valence-electron chi connectivity index (χ2n) is 4.81. The van der Waals surface area contributed by atoms with Crippen LogP contribution in [0.4, 0.5) is 10.1 Å². The average molecular weight is 398 g/mol. The number of hydrogen-bond acceptors (Lipinski definition) is 5. The number of thioether (sulfide) groups is 1. The maximum atomic E-state index is 13.7. The van der Waals surface area contributed by atoms with Crippen LogP contribution in [-0.4, -0.2) is 21.9 Å². The third-order valence-corrected chi connectivity index (χ3v) is 4.41. The summed E-state index contributed by atoms with van der Waals surface area (Å²) in [5.41, 5.74) is 0.661. The Morgan fingerprint density at radius 1 is 1.20 bits per heavy atom. The van der Waals surface area contributed by atoms with Gasteiger partial charge in [0.1, 0.15) is 5.82 Å². The molecule has 5 nitrogen and oxygen atoms in total. The van der Waals surface area contributed by atoms with Crippen LogP contribution < -0.4 is 5.32 Å². The summed E-state index contributed by atoms with van der Waals surface area (Å²) in [5.74, 6) is -0.683. The van der Waals surface area contributed by atoms with Crippen molar-refractivity contribution in [1.82, 2.24) is 10.2 Å². The summed E-state index contributed by atoms with van der Waals surface area (Å²) < 4.78 is 19.1. The molecule has 0 aliphatic carbocycles. The molecule has 0 aliphatic heterocycles. The highest BCUT2D eigenvalue weighted by Gasteiger charge is 2.14. The van der Waals surface area contributed by atoms with E-state index in [2.05, 4.69) is 15.5 Å². The Morgan fingerprint density at radius 2 is 2.00 bits per heavy atom. The number of rotatable bonds is 5. The molecule has 0 bridgehead atoms. The predicted molar refractivity (Wildman–Crippen MR) is 95.5 cm³/mol. The minimum absolute atomic E-state index is 0.0257. The molecule has 2 aromatic carbocycles. The number of benzene rings is 2. The monoisotopic (exact) mass is 397 g/mol. The number of amides is 1. The van der Waals surface area contributed by atoms with Gasteiger partial charge in [0.15, 0.2) is 0 Å². The van der Waals surface area contributed by atoms with Crippen molar-refractivity contribution in [3.8, 4) is 11.5 Å². The summed E-state index contributed by atoms with van der Waals surface area (Å²) in [4.78, 5) is 12.0. The quantitative estimate of drug-likeness (QED) is 0.619. The molecule has 3 rings (SSSR count). The molecule has 1 amide bonds. The Kier molecular flexibility index (Phi) is 5.57. The zero-order valence-corrected chi connectivity index (χ0v) is 14.8. The Labute approximate surface area is 156 Å². The van der Waals surface area contributed by atoms with Crippen LogP contribution >= 0.6 is 35.0 Å². The van der Waals surface area contributed by atoms with Gasteiger partial charge in [-0.2, -0.15) is 0 Å². The summed E-state index contributed by atoms with van der Waals surface area (Å²) >= 11 is 12.8. The fraction of sp³-hybridized carbons (Fsp3) is 0.0625. The second kappa shape index (κ2) is 7.86. The summed E-state index contributed by atoms with van der Waals surface area (Å²) in [6.45, 7) is 0. The zero-order valence-electron chi connectivity index (χ0n) is 12.5. The predicted octanol–water partition coefficient (Wildman–Crippen LogP) is 4.91. The molecule has 0 fully saturated rings. The lowest BCUT2D eigenvalue weighted by molar-refractivity contribution is -0.113. The molecule has 1 heterocycles. The number of aromatic nitrogens is 2. The third kappa shape index (κ3) is 4.50. The first kappa shape index (κ1) is 17.7. The number of anilines is 1. The van der Waals surface area contributed by atoms with Crippen molar-refractivity contribution in [3.05, 3.63) is 58.3 Å². The lowest BCUT2D eigenvalue weighted by atomic mass is 10.2.